The zero-order valence-electron chi connectivity index (χ0n) is 11.9. The molecule has 0 saturated carbocycles. The molecule has 3 nitrogen and oxygen atoms in total. The summed E-state index contributed by atoms with van der Waals surface area (Å²) in [7, 11) is 1.44. The molecule has 0 bridgehead atoms. The van der Waals surface area contributed by atoms with E-state index in [0.717, 1.165) is 24.5 Å². The Morgan fingerprint density at radius 1 is 1.42 bits per heavy atom. The number of benzene rings is 1. The Labute approximate surface area is 120 Å². The minimum atomic E-state index is -0.209. The van der Waals surface area contributed by atoms with Gasteiger partial charge in [-0.05, 0) is 31.0 Å². The van der Waals surface area contributed by atoms with Crippen LogP contribution in [0.5, 0.6) is 0 Å². The van der Waals surface area contributed by atoms with Gasteiger partial charge < -0.3 is 10.1 Å². The molecule has 0 heterocycles. The van der Waals surface area contributed by atoms with Crippen LogP contribution in [-0.4, -0.2) is 31.4 Å². The Morgan fingerprint density at radius 3 is 2.79 bits per heavy atom. The van der Waals surface area contributed by atoms with Crippen molar-refractivity contribution in [2.45, 2.75) is 32.1 Å². The number of thioether (sulfide) groups is 1. The number of carbonyl (C=O) groups is 1. The van der Waals surface area contributed by atoms with E-state index in [1.807, 2.05) is 6.07 Å². The molecule has 1 N–H and O–H groups in total. The molecule has 1 rings (SSSR count). The van der Waals surface area contributed by atoms with Crippen molar-refractivity contribution >= 4 is 17.7 Å². The summed E-state index contributed by atoms with van der Waals surface area (Å²) in [5.41, 5.74) is 2.62. The molecule has 0 amide bonds. The summed E-state index contributed by atoms with van der Waals surface area (Å²) in [4.78, 5) is 11.6. The molecular weight excluding hydrogens is 258 g/mol. The molecule has 1 unspecified atom stereocenters. The quantitative estimate of drug-likeness (QED) is 0.744. The smallest absolute Gasteiger partial charge is 0.323 e. The van der Waals surface area contributed by atoms with Crippen LogP contribution in [0.4, 0.5) is 0 Å². The normalized spacial score (nSPS) is 12.2. The standard InChI is InChI=1S/C15H23NO2S/c1-4-9-16-14(15(17)18-3)11-19-10-13-8-6-5-7-12(13)2/h5-8,14,16H,4,9-11H2,1-3H3. The molecule has 0 aromatic heterocycles. The second kappa shape index (κ2) is 8.99. The van der Waals surface area contributed by atoms with Gasteiger partial charge in [-0.2, -0.15) is 11.8 Å². The van der Waals surface area contributed by atoms with Crippen molar-refractivity contribution in [1.29, 1.82) is 0 Å². The molecule has 1 aromatic carbocycles. The van der Waals surface area contributed by atoms with Crippen LogP contribution in [0.2, 0.25) is 0 Å². The summed E-state index contributed by atoms with van der Waals surface area (Å²) < 4.78 is 4.82. The molecule has 19 heavy (non-hydrogen) atoms. The Bertz CT molecular complexity index is 395. The summed E-state index contributed by atoms with van der Waals surface area (Å²) in [5, 5.41) is 3.23. The van der Waals surface area contributed by atoms with Crippen molar-refractivity contribution in [3.8, 4) is 0 Å². The lowest BCUT2D eigenvalue weighted by atomic mass is 10.1. The zero-order chi connectivity index (χ0) is 14.1. The molecule has 0 radical (unpaired) electrons. The topological polar surface area (TPSA) is 38.3 Å². The Kier molecular flexibility index (Phi) is 7.60. The number of hydrogen-bond acceptors (Lipinski definition) is 4. The van der Waals surface area contributed by atoms with E-state index in [-0.39, 0.29) is 12.0 Å². The first kappa shape index (κ1) is 16.1. The van der Waals surface area contributed by atoms with Crippen molar-refractivity contribution < 1.29 is 9.53 Å². The maximum absolute atomic E-state index is 11.6. The lowest BCUT2D eigenvalue weighted by Gasteiger charge is -2.16. The van der Waals surface area contributed by atoms with Crippen LogP contribution in [0.15, 0.2) is 24.3 Å². The van der Waals surface area contributed by atoms with E-state index >= 15 is 0 Å². The van der Waals surface area contributed by atoms with Gasteiger partial charge in [-0.1, -0.05) is 31.2 Å². The highest BCUT2D eigenvalue weighted by atomic mass is 32.2. The largest absolute Gasteiger partial charge is 0.468 e. The Balaban J connectivity index is 2.43. The van der Waals surface area contributed by atoms with Crippen molar-refractivity contribution in [3.63, 3.8) is 0 Å². The maximum atomic E-state index is 11.6. The number of methoxy groups -OCH3 is 1. The number of rotatable bonds is 8. The number of nitrogens with one attached hydrogen (secondary N) is 1. The lowest BCUT2D eigenvalue weighted by molar-refractivity contribution is -0.142. The van der Waals surface area contributed by atoms with Gasteiger partial charge in [0.2, 0.25) is 0 Å². The van der Waals surface area contributed by atoms with Gasteiger partial charge in [-0.3, -0.25) is 4.79 Å². The van der Waals surface area contributed by atoms with E-state index in [4.69, 9.17) is 4.74 Å². The van der Waals surface area contributed by atoms with Gasteiger partial charge in [0.1, 0.15) is 6.04 Å². The van der Waals surface area contributed by atoms with Crippen molar-refractivity contribution in [1.82, 2.24) is 5.32 Å². The van der Waals surface area contributed by atoms with Crippen LogP contribution in [0.1, 0.15) is 24.5 Å². The van der Waals surface area contributed by atoms with Gasteiger partial charge in [0.25, 0.3) is 0 Å². The van der Waals surface area contributed by atoms with Gasteiger partial charge in [0.15, 0.2) is 0 Å². The monoisotopic (exact) mass is 281 g/mol. The molecule has 1 aromatic rings. The third-order valence-corrected chi connectivity index (χ3v) is 4.01. The van der Waals surface area contributed by atoms with Crippen molar-refractivity contribution in [2.75, 3.05) is 19.4 Å². The highest BCUT2D eigenvalue weighted by Gasteiger charge is 2.17. The number of esters is 1. The van der Waals surface area contributed by atoms with E-state index in [2.05, 4.69) is 37.4 Å². The zero-order valence-corrected chi connectivity index (χ0v) is 12.8. The van der Waals surface area contributed by atoms with Crippen LogP contribution in [-0.2, 0) is 15.3 Å². The molecular formula is C15H23NO2S. The molecule has 1 atom stereocenters. The fourth-order valence-electron chi connectivity index (χ4n) is 1.73. The number of ether oxygens (including phenoxy) is 1. The lowest BCUT2D eigenvalue weighted by Crippen LogP contribution is -2.40. The first-order valence-electron chi connectivity index (χ1n) is 6.62. The molecule has 0 spiro atoms. The van der Waals surface area contributed by atoms with Crippen LogP contribution in [0, 0.1) is 6.92 Å². The molecule has 0 aliphatic heterocycles. The Hall–Kier alpha value is -1.00. The summed E-state index contributed by atoms with van der Waals surface area (Å²) in [5.74, 6) is 1.49. The molecule has 106 valence electrons. The van der Waals surface area contributed by atoms with Crippen LogP contribution in [0.3, 0.4) is 0 Å². The van der Waals surface area contributed by atoms with Crippen molar-refractivity contribution in [3.05, 3.63) is 35.4 Å². The predicted octanol–water partition coefficient (Wildman–Crippen LogP) is 2.77. The third kappa shape index (κ3) is 5.66. The highest BCUT2D eigenvalue weighted by Crippen LogP contribution is 2.16. The summed E-state index contributed by atoms with van der Waals surface area (Å²) >= 11 is 1.76. The number of hydrogen-bond donors (Lipinski definition) is 1. The van der Waals surface area contributed by atoms with Gasteiger partial charge >= 0.3 is 5.97 Å². The summed E-state index contributed by atoms with van der Waals surface area (Å²) in [6.07, 6.45) is 1.01. The van der Waals surface area contributed by atoms with Crippen LogP contribution < -0.4 is 5.32 Å². The first-order chi connectivity index (χ1) is 9.19. The minimum Gasteiger partial charge on any atom is -0.468 e. The fraction of sp³-hybridized carbons (Fsp3) is 0.533. The average Bonchev–Trinajstić information content (AvgIpc) is 2.43. The van der Waals surface area contributed by atoms with E-state index in [1.54, 1.807) is 11.8 Å². The molecule has 0 saturated heterocycles. The average molecular weight is 281 g/mol. The van der Waals surface area contributed by atoms with Crippen molar-refractivity contribution in [2.24, 2.45) is 0 Å². The number of aryl methyl sites for hydroxylation is 1. The summed E-state index contributed by atoms with van der Waals surface area (Å²) in [6, 6.07) is 8.14. The second-order valence-electron chi connectivity index (χ2n) is 4.47. The SMILES string of the molecule is CCCNC(CSCc1ccccc1C)C(=O)OC. The first-order valence-corrected chi connectivity index (χ1v) is 7.78. The Morgan fingerprint density at radius 2 is 2.16 bits per heavy atom. The fourth-order valence-corrected chi connectivity index (χ4v) is 2.88. The maximum Gasteiger partial charge on any atom is 0.323 e. The van der Waals surface area contributed by atoms with Gasteiger partial charge in [-0.25, -0.2) is 0 Å². The van der Waals surface area contributed by atoms with Gasteiger partial charge in [-0.15, -0.1) is 0 Å². The van der Waals surface area contributed by atoms with E-state index in [1.165, 1.54) is 18.2 Å². The number of carbonyl (C=O) groups excluding carboxylic acids is 1. The molecule has 0 aliphatic carbocycles. The van der Waals surface area contributed by atoms with Gasteiger partial charge in [0.05, 0.1) is 7.11 Å². The van der Waals surface area contributed by atoms with Crippen LogP contribution in [0.25, 0.3) is 0 Å². The third-order valence-electron chi connectivity index (χ3n) is 2.93. The molecule has 0 fully saturated rings. The molecule has 0 aliphatic rings. The van der Waals surface area contributed by atoms with E-state index in [9.17, 15) is 4.79 Å². The predicted molar refractivity (Wildman–Crippen MR) is 81.4 cm³/mol. The van der Waals surface area contributed by atoms with Crippen LogP contribution >= 0.6 is 11.8 Å². The van der Waals surface area contributed by atoms with Gasteiger partial charge in [0, 0.05) is 11.5 Å². The minimum absolute atomic E-state index is 0.175. The summed E-state index contributed by atoms with van der Waals surface area (Å²) in [6.45, 7) is 5.04. The molecule has 4 heteroatoms. The highest BCUT2D eigenvalue weighted by molar-refractivity contribution is 7.98. The second-order valence-corrected chi connectivity index (χ2v) is 5.50. The van der Waals surface area contributed by atoms with E-state index in [0.29, 0.717) is 0 Å². The van der Waals surface area contributed by atoms with E-state index < -0.39 is 0 Å².